The van der Waals surface area contributed by atoms with Crippen LogP contribution in [-0.2, 0) is 0 Å². The third kappa shape index (κ3) is 1.98. The maximum Gasteiger partial charge on any atom is 0.417 e. The van der Waals surface area contributed by atoms with Gasteiger partial charge in [0.25, 0.3) is 0 Å². The number of carbonyl (C=O) groups is 1. The summed E-state index contributed by atoms with van der Waals surface area (Å²) in [5.74, 6) is -0.585. The molecule has 0 aliphatic carbocycles. The van der Waals surface area contributed by atoms with Crippen LogP contribution in [0.5, 0.6) is 0 Å². The summed E-state index contributed by atoms with van der Waals surface area (Å²) in [5.41, 5.74) is 1.50. The molecule has 4 aromatic rings. The highest BCUT2D eigenvalue weighted by Crippen LogP contribution is 2.27. The number of fused-ring (bicyclic) bond motifs is 2. The molecule has 0 saturated carbocycles. The van der Waals surface area contributed by atoms with E-state index in [4.69, 9.17) is 4.42 Å². The van der Waals surface area contributed by atoms with Crippen LogP contribution < -0.4 is 5.76 Å². The van der Waals surface area contributed by atoms with Crippen LogP contribution in [0.3, 0.4) is 0 Å². The van der Waals surface area contributed by atoms with Crippen LogP contribution in [0, 0.1) is 0 Å². The summed E-state index contributed by atoms with van der Waals surface area (Å²) in [6, 6.07) is 14.7. The molecule has 0 radical (unpaired) electrons. The monoisotopic (exact) mass is 295 g/mol. The van der Waals surface area contributed by atoms with Crippen molar-refractivity contribution in [2.45, 2.75) is 0 Å². The van der Waals surface area contributed by atoms with E-state index in [1.807, 2.05) is 30.3 Å². The van der Waals surface area contributed by atoms with Crippen LogP contribution in [0.2, 0.25) is 0 Å². The first-order chi connectivity index (χ1) is 10.2. The van der Waals surface area contributed by atoms with Crippen molar-refractivity contribution in [3.63, 3.8) is 0 Å². The second-order valence-electron chi connectivity index (χ2n) is 4.70. The van der Waals surface area contributed by atoms with Crippen LogP contribution in [0.25, 0.3) is 21.2 Å². The van der Waals surface area contributed by atoms with Crippen molar-refractivity contribution in [2.24, 2.45) is 0 Å². The van der Waals surface area contributed by atoms with Gasteiger partial charge in [0.15, 0.2) is 5.58 Å². The molecular formula is C16H9NO3S. The van der Waals surface area contributed by atoms with Gasteiger partial charge in [-0.15, -0.1) is 11.3 Å². The summed E-state index contributed by atoms with van der Waals surface area (Å²) in [7, 11) is 0. The van der Waals surface area contributed by atoms with Gasteiger partial charge in [-0.25, -0.2) is 4.79 Å². The van der Waals surface area contributed by atoms with Gasteiger partial charge in [-0.3, -0.25) is 9.78 Å². The third-order valence-electron chi connectivity index (χ3n) is 3.33. The van der Waals surface area contributed by atoms with Gasteiger partial charge in [0.05, 0.1) is 10.4 Å². The van der Waals surface area contributed by atoms with Crippen LogP contribution in [-0.4, -0.2) is 10.8 Å². The molecular weight excluding hydrogens is 286 g/mol. The minimum atomic E-state index is -0.517. The maximum atomic E-state index is 12.5. The number of H-pyrrole nitrogens is 1. The number of aromatic nitrogens is 1. The smallest absolute Gasteiger partial charge is 0.408 e. The predicted molar refractivity (Wildman–Crippen MR) is 82.1 cm³/mol. The Labute approximate surface area is 122 Å². The highest BCUT2D eigenvalue weighted by atomic mass is 32.1. The van der Waals surface area contributed by atoms with Gasteiger partial charge >= 0.3 is 5.76 Å². The fourth-order valence-electron chi connectivity index (χ4n) is 2.32. The van der Waals surface area contributed by atoms with Gasteiger partial charge in [-0.05, 0) is 35.7 Å². The van der Waals surface area contributed by atoms with E-state index in [1.165, 1.54) is 11.3 Å². The lowest BCUT2D eigenvalue weighted by molar-refractivity contribution is 0.104. The van der Waals surface area contributed by atoms with E-state index >= 15 is 0 Å². The second kappa shape index (κ2) is 4.43. The summed E-state index contributed by atoms with van der Waals surface area (Å²) in [6.07, 6.45) is 0. The Kier molecular flexibility index (Phi) is 2.55. The molecule has 21 heavy (non-hydrogen) atoms. The minimum Gasteiger partial charge on any atom is -0.408 e. The van der Waals surface area contributed by atoms with E-state index in [1.54, 1.807) is 18.2 Å². The lowest BCUT2D eigenvalue weighted by Gasteiger charge is -1.97. The van der Waals surface area contributed by atoms with E-state index in [0.29, 0.717) is 21.5 Å². The van der Waals surface area contributed by atoms with Crippen LogP contribution in [0.1, 0.15) is 15.2 Å². The first kappa shape index (κ1) is 12.1. The topological polar surface area (TPSA) is 63.1 Å². The molecule has 0 saturated heterocycles. The average Bonchev–Trinajstić information content (AvgIpc) is 3.07. The molecule has 2 aromatic heterocycles. The van der Waals surface area contributed by atoms with Crippen molar-refractivity contribution in [1.82, 2.24) is 4.98 Å². The van der Waals surface area contributed by atoms with Crippen LogP contribution in [0.4, 0.5) is 0 Å². The molecule has 2 aromatic carbocycles. The molecule has 102 valence electrons. The summed E-state index contributed by atoms with van der Waals surface area (Å²) in [5, 5.41) is 1.06. The standard InChI is InChI=1S/C16H9NO3S/c18-15(14-8-9-3-1-2-4-13(9)21-14)10-5-6-11-12(7-10)20-16(19)17-11/h1-8H,(H,17,19). The maximum absolute atomic E-state index is 12.5. The lowest BCUT2D eigenvalue weighted by Crippen LogP contribution is -1.97. The van der Waals surface area contributed by atoms with E-state index in [-0.39, 0.29) is 5.78 Å². The quantitative estimate of drug-likeness (QED) is 0.575. The number of hydrogen-bond donors (Lipinski definition) is 1. The minimum absolute atomic E-state index is 0.0676. The first-order valence-electron chi connectivity index (χ1n) is 6.37. The first-order valence-corrected chi connectivity index (χ1v) is 7.18. The van der Waals surface area contributed by atoms with Gasteiger partial charge in [0.2, 0.25) is 5.78 Å². The lowest BCUT2D eigenvalue weighted by atomic mass is 10.1. The number of aromatic amines is 1. The van der Waals surface area contributed by atoms with E-state index in [9.17, 15) is 9.59 Å². The average molecular weight is 295 g/mol. The van der Waals surface area contributed by atoms with E-state index in [0.717, 1.165) is 10.1 Å². The number of rotatable bonds is 2. The molecule has 0 atom stereocenters. The highest BCUT2D eigenvalue weighted by molar-refractivity contribution is 7.21. The zero-order valence-electron chi connectivity index (χ0n) is 10.8. The molecule has 5 heteroatoms. The van der Waals surface area contributed by atoms with E-state index in [2.05, 4.69) is 4.98 Å². The summed E-state index contributed by atoms with van der Waals surface area (Å²) in [6.45, 7) is 0. The number of carbonyl (C=O) groups excluding carboxylic acids is 1. The molecule has 2 heterocycles. The van der Waals surface area contributed by atoms with Crippen molar-refractivity contribution in [3.8, 4) is 0 Å². The molecule has 0 spiro atoms. The molecule has 0 unspecified atom stereocenters. The fraction of sp³-hybridized carbons (Fsp3) is 0. The highest BCUT2D eigenvalue weighted by Gasteiger charge is 2.14. The zero-order valence-corrected chi connectivity index (χ0v) is 11.6. The number of oxazole rings is 1. The number of thiophene rings is 1. The van der Waals surface area contributed by atoms with Gasteiger partial charge < -0.3 is 4.42 Å². The van der Waals surface area contributed by atoms with Crippen molar-refractivity contribution in [3.05, 3.63) is 69.5 Å². The Morgan fingerprint density at radius 3 is 2.81 bits per heavy atom. The Morgan fingerprint density at radius 1 is 1.10 bits per heavy atom. The van der Waals surface area contributed by atoms with Gasteiger partial charge in [0, 0.05) is 10.3 Å². The van der Waals surface area contributed by atoms with E-state index < -0.39 is 5.76 Å². The fourth-order valence-corrected chi connectivity index (χ4v) is 3.35. The van der Waals surface area contributed by atoms with Gasteiger partial charge in [-0.1, -0.05) is 18.2 Å². The number of hydrogen-bond acceptors (Lipinski definition) is 4. The number of benzene rings is 2. The predicted octanol–water partition coefficient (Wildman–Crippen LogP) is 3.57. The van der Waals surface area contributed by atoms with Crippen molar-refractivity contribution in [1.29, 1.82) is 0 Å². The van der Waals surface area contributed by atoms with Crippen molar-refractivity contribution < 1.29 is 9.21 Å². The molecule has 0 aliphatic rings. The molecule has 4 nitrogen and oxygen atoms in total. The molecule has 0 fully saturated rings. The second-order valence-corrected chi connectivity index (χ2v) is 5.79. The zero-order chi connectivity index (χ0) is 14.4. The Balaban J connectivity index is 1.82. The Hall–Kier alpha value is -2.66. The van der Waals surface area contributed by atoms with Crippen LogP contribution >= 0.6 is 11.3 Å². The third-order valence-corrected chi connectivity index (χ3v) is 4.45. The molecule has 0 bridgehead atoms. The Bertz CT molecular complexity index is 1010. The largest absolute Gasteiger partial charge is 0.417 e. The van der Waals surface area contributed by atoms with Gasteiger partial charge in [-0.2, -0.15) is 0 Å². The normalized spacial score (nSPS) is 11.2. The number of nitrogens with one attached hydrogen (secondary N) is 1. The van der Waals surface area contributed by atoms with Gasteiger partial charge in [0.1, 0.15) is 0 Å². The van der Waals surface area contributed by atoms with Crippen molar-refractivity contribution in [2.75, 3.05) is 0 Å². The summed E-state index contributed by atoms with van der Waals surface area (Å²) in [4.78, 5) is 26.9. The van der Waals surface area contributed by atoms with Crippen LogP contribution in [0.15, 0.2) is 57.7 Å². The summed E-state index contributed by atoms with van der Waals surface area (Å²) >= 11 is 1.46. The van der Waals surface area contributed by atoms with Crippen molar-refractivity contribution >= 4 is 38.3 Å². The molecule has 0 aliphatic heterocycles. The SMILES string of the molecule is O=C(c1ccc2[nH]c(=O)oc2c1)c1cc2ccccc2s1. The Morgan fingerprint density at radius 2 is 1.95 bits per heavy atom. The molecule has 1 N–H and O–H groups in total. The summed E-state index contributed by atoms with van der Waals surface area (Å²) < 4.78 is 6.07. The molecule has 0 amide bonds. The number of ketones is 1. The molecule has 4 rings (SSSR count).